The molecule has 2 aromatic heterocycles. The summed E-state index contributed by atoms with van der Waals surface area (Å²) >= 11 is 1.86. The molecule has 206 valence electrons. The van der Waals surface area contributed by atoms with E-state index in [1.54, 1.807) is 0 Å². The predicted octanol–water partition coefficient (Wildman–Crippen LogP) is 12.2. The Balaban J connectivity index is 1.16. The van der Waals surface area contributed by atoms with Gasteiger partial charge in [0.25, 0.3) is 0 Å². The van der Waals surface area contributed by atoms with Gasteiger partial charge in [-0.2, -0.15) is 0 Å². The van der Waals surface area contributed by atoms with Crippen molar-refractivity contribution in [1.82, 2.24) is 4.57 Å². The first kappa shape index (κ1) is 25.1. The molecule has 9 rings (SSSR count). The van der Waals surface area contributed by atoms with Crippen LogP contribution in [0.15, 0.2) is 164 Å². The highest BCUT2D eigenvalue weighted by molar-refractivity contribution is 7.25. The minimum atomic E-state index is 1.19. The van der Waals surface area contributed by atoms with Crippen LogP contribution in [0.2, 0.25) is 0 Å². The molecule has 0 aliphatic carbocycles. The summed E-state index contributed by atoms with van der Waals surface area (Å²) in [7, 11) is 0. The third kappa shape index (κ3) is 4.00. The van der Waals surface area contributed by atoms with E-state index >= 15 is 0 Å². The molecule has 2 heteroatoms. The summed E-state index contributed by atoms with van der Waals surface area (Å²) in [5, 5.41) is 5.20. The van der Waals surface area contributed by atoms with Gasteiger partial charge in [-0.3, -0.25) is 0 Å². The maximum atomic E-state index is 2.43. The van der Waals surface area contributed by atoms with Crippen molar-refractivity contribution in [2.24, 2.45) is 0 Å². The third-order valence-corrected chi connectivity index (χ3v) is 9.98. The fourth-order valence-corrected chi connectivity index (χ4v) is 7.79. The summed E-state index contributed by atoms with van der Waals surface area (Å²) in [6, 6.07) is 59.7. The lowest BCUT2D eigenvalue weighted by Crippen LogP contribution is -1.97. The van der Waals surface area contributed by atoms with Crippen LogP contribution in [-0.4, -0.2) is 4.57 Å². The van der Waals surface area contributed by atoms with Crippen molar-refractivity contribution in [3.05, 3.63) is 164 Å². The van der Waals surface area contributed by atoms with E-state index in [-0.39, 0.29) is 0 Å². The quantitative estimate of drug-likeness (QED) is 0.196. The van der Waals surface area contributed by atoms with Crippen LogP contribution in [0.5, 0.6) is 0 Å². The lowest BCUT2D eigenvalue weighted by atomic mass is 9.98. The van der Waals surface area contributed by atoms with E-state index in [0.29, 0.717) is 0 Å². The summed E-state index contributed by atoms with van der Waals surface area (Å²) in [6.45, 7) is 0. The van der Waals surface area contributed by atoms with Crippen LogP contribution in [0.25, 0.3) is 81.0 Å². The van der Waals surface area contributed by atoms with Gasteiger partial charge in [-0.05, 0) is 70.3 Å². The maximum Gasteiger partial charge on any atom is 0.0541 e. The van der Waals surface area contributed by atoms with Crippen molar-refractivity contribution in [3.8, 4) is 39.1 Å². The Bertz CT molecular complexity index is 2480. The molecule has 9 aromatic rings. The Morgan fingerprint density at radius 2 is 0.909 bits per heavy atom. The van der Waals surface area contributed by atoms with Crippen molar-refractivity contribution >= 4 is 53.3 Å². The first-order chi connectivity index (χ1) is 21.8. The molecule has 0 unspecified atom stereocenters. The summed E-state index contributed by atoms with van der Waals surface area (Å²) < 4.78 is 5.11. The SMILES string of the molecule is c1ccc(-c2ccc3c(c2)c2ccccc2n3-c2ccccc2-c2ccc(-c3ccc4sc5ccccc5c4c3)cc2)cc1. The Hall–Kier alpha value is -5.44. The molecular formula is C42H27NS. The van der Waals surface area contributed by atoms with Gasteiger partial charge < -0.3 is 4.57 Å². The van der Waals surface area contributed by atoms with E-state index in [4.69, 9.17) is 0 Å². The first-order valence-electron chi connectivity index (χ1n) is 15.0. The lowest BCUT2D eigenvalue weighted by molar-refractivity contribution is 1.18. The fourth-order valence-electron chi connectivity index (χ4n) is 6.70. The number of fused-ring (bicyclic) bond motifs is 6. The third-order valence-electron chi connectivity index (χ3n) is 8.83. The Labute approximate surface area is 259 Å². The van der Waals surface area contributed by atoms with E-state index in [1.165, 1.54) is 81.0 Å². The number of benzene rings is 7. The average molecular weight is 578 g/mol. The second-order valence-corrected chi connectivity index (χ2v) is 12.4. The lowest BCUT2D eigenvalue weighted by Gasteiger charge is -2.14. The Morgan fingerprint density at radius 1 is 0.341 bits per heavy atom. The van der Waals surface area contributed by atoms with Gasteiger partial charge in [-0.15, -0.1) is 11.3 Å². The van der Waals surface area contributed by atoms with Crippen molar-refractivity contribution in [2.75, 3.05) is 0 Å². The largest absolute Gasteiger partial charge is 0.309 e. The summed E-state index contributed by atoms with van der Waals surface area (Å²) in [6.07, 6.45) is 0. The molecule has 0 amide bonds. The molecule has 0 bridgehead atoms. The molecule has 1 nitrogen and oxygen atoms in total. The van der Waals surface area contributed by atoms with Crippen LogP contribution in [0.1, 0.15) is 0 Å². The van der Waals surface area contributed by atoms with Gasteiger partial charge in [0.05, 0.1) is 16.7 Å². The highest BCUT2D eigenvalue weighted by atomic mass is 32.1. The standard InChI is InChI=1S/C42H27NS/c1-2-10-28(11-3-1)31-22-24-40-36(26-31)34-13-5-8-16-39(34)43(40)38-15-7-4-12-33(38)30-20-18-29(19-21-30)32-23-25-42-37(27-32)35-14-6-9-17-41(35)44-42/h1-27H. The zero-order valence-corrected chi connectivity index (χ0v) is 24.8. The van der Waals surface area contributed by atoms with E-state index in [9.17, 15) is 0 Å². The van der Waals surface area contributed by atoms with Crippen LogP contribution in [0.3, 0.4) is 0 Å². The molecule has 0 fully saturated rings. The van der Waals surface area contributed by atoms with Gasteiger partial charge in [0.1, 0.15) is 0 Å². The van der Waals surface area contributed by atoms with Gasteiger partial charge in [0, 0.05) is 36.5 Å². The fraction of sp³-hybridized carbons (Fsp3) is 0. The second kappa shape index (κ2) is 10.1. The number of rotatable bonds is 4. The highest BCUT2D eigenvalue weighted by Crippen LogP contribution is 2.39. The van der Waals surface area contributed by atoms with Gasteiger partial charge >= 0.3 is 0 Å². The van der Waals surface area contributed by atoms with E-state index < -0.39 is 0 Å². The molecule has 0 aliphatic rings. The molecule has 0 saturated carbocycles. The van der Waals surface area contributed by atoms with Gasteiger partial charge in [0.15, 0.2) is 0 Å². The van der Waals surface area contributed by atoms with Gasteiger partial charge in [-0.25, -0.2) is 0 Å². The molecular weight excluding hydrogens is 551 g/mol. The molecule has 44 heavy (non-hydrogen) atoms. The number of aromatic nitrogens is 1. The average Bonchev–Trinajstić information content (AvgIpc) is 3.64. The zero-order chi connectivity index (χ0) is 29.0. The number of para-hydroxylation sites is 2. The van der Waals surface area contributed by atoms with Crippen LogP contribution < -0.4 is 0 Å². The molecule has 0 spiro atoms. The van der Waals surface area contributed by atoms with Crippen LogP contribution in [0.4, 0.5) is 0 Å². The smallest absolute Gasteiger partial charge is 0.0541 e. The molecule has 0 atom stereocenters. The first-order valence-corrected chi connectivity index (χ1v) is 15.8. The topological polar surface area (TPSA) is 4.93 Å². The monoisotopic (exact) mass is 577 g/mol. The van der Waals surface area contributed by atoms with Crippen molar-refractivity contribution < 1.29 is 0 Å². The van der Waals surface area contributed by atoms with Crippen molar-refractivity contribution in [3.63, 3.8) is 0 Å². The van der Waals surface area contributed by atoms with Gasteiger partial charge in [-0.1, -0.05) is 121 Å². The molecule has 2 heterocycles. The summed E-state index contributed by atoms with van der Waals surface area (Å²) in [5.41, 5.74) is 11.0. The molecule has 7 aromatic carbocycles. The minimum Gasteiger partial charge on any atom is -0.309 e. The second-order valence-electron chi connectivity index (χ2n) is 11.4. The molecule has 0 N–H and O–H groups in total. The van der Waals surface area contributed by atoms with Crippen molar-refractivity contribution in [1.29, 1.82) is 0 Å². The highest BCUT2D eigenvalue weighted by Gasteiger charge is 2.16. The maximum absolute atomic E-state index is 2.43. The predicted molar refractivity (Wildman–Crippen MR) is 190 cm³/mol. The summed E-state index contributed by atoms with van der Waals surface area (Å²) in [4.78, 5) is 0. The number of hydrogen-bond acceptors (Lipinski definition) is 1. The number of thiophene rings is 1. The van der Waals surface area contributed by atoms with E-state index in [0.717, 1.165) is 0 Å². The van der Waals surface area contributed by atoms with E-state index in [1.807, 2.05) is 11.3 Å². The van der Waals surface area contributed by atoms with Crippen LogP contribution in [-0.2, 0) is 0 Å². The molecule has 0 radical (unpaired) electrons. The minimum absolute atomic E-state index is 1.19. The molecule has 0 aliphatic heterocycles. The van der Waals surface area contributed by atoms with Crippen LogP contribution in [0, 0.1) is 0 Å². The van der Waals surface area contributed by atoms with Gasteiger partial charge in [0.2, 0.25) is 0 Å². The molecule has 0 saturated heterocycles. The van der Waals surface area contributed by atoms with Crippen LogP contribution >= 0.6 is 11.3 Å². The Morgan fingerprint density at radius 3 is 1.77 bits per heavy atom. The Kier molecular flexibility index (Phi) is 5.75. The number of nitrogens with zero attached hydrogens (tertiary/aromatic N) is 1. The normalized spacial score (nSPS) is 11.6. The summed E-state index contributed by atoms with van der Waals surface area (Å²) in [5.74, 6) is 0. The van der Waals surface area contributed by atoms with E-state index in [2.05, 4.69) is 168 Å². The zero-order valence-electron chi connectivity index (χ0n) is 23.9. The van der Waals surface area contributed by atoms with Crippen molar-refractivity contribution in [2.45, 2.75) is 0 Å². The number of hydrogen-bond donors (Lipinski definition) is 0.